The molecule has 0 heterocycles. The molecular formula is C11H7BrF4O2. The summed E-state index contributed by atoms with van der Waals surface area (Å²) in [4.78, 5) is 10.8. The Hall–Kier alpha value is -1.11. The lowest BCUT2D eigenvalue weighted by Crippen LogP contribution is -2.18. The number of carbonyl (C=O) groups is 1. The van der Waals surface area contributed by atoms with Gasteiger partial charge in [-0.15, -0.1) is 0 Å². The zero-order valence-corrected chi connectivity index (χ0v) is 10.6. The van der Waals surface area contributed by atoms with E-state index < -0.39 is 40.4 Å². The van der Waals surface area contributed by atoms with Gasteiger partial charge >= 0.3 is 5.97 Å². The summed E-state index contributed by atoms with van der Waals surface area (Å²) in [5, 5.41) is 8.79. The molecule has 1 N–H and O–H groups in total. The van der Waals surface area contributed by atoms with Gasteiger partial charge in [-0.25, -0.2) is 17.6 Å². The lowest BCUT2D eigenvalue weighted by atomic mass is 10.0. The zero-order chi connectivity index (χ0) is 13.9. The predicted molar refractivity (Wildman–Crippen MR) is 57.5 cm³/mol. The molecule has 0 bridgehead atoms. The Balaban J connectivity index is 2.54. The van der Waals surface area contributed by atoms with E-state index in [2.05, 4.69) is 15.9 Å². The number of hydrogen-bond donors (Lipinski definition) is 1. The van der Waals surface area contributed by atoms with Gasteiger partial charge in [-0.1, -0.05) is 6.07 Å². The van der Waals surface area contributed by atoms with Gasteiger partial charge in [0.1, 0.15) is 5.41 Å². The van der Waals surface area contributed by atoms with Crippen LogP contribution in [0.1, 0.15) is 18.4 Å². The monoisotopic (exact) mass is 326 g/mol. The summed E-state index contributed by atoms with van der Waals surface area (Å²) in [5.74, 6) is -9.94. The van der Waals surface area contributed by atoms with Crippen LogP contribution in [0, 0.1) is 17.0 Å². The van der Waals surface area contributed by atoms with Crippen molar-refractivity contribution in [2.24, 2.45) is 5.41 Å². The molecule has 2 unspecified atom stereocenters. The third kappa shape index (κ3) is 1.43. The summed E-state index contributed by atoms with van der Waals surface area (Å²) in [6.07, 6.45) is 0. The third-order valence-corrected chi connectivity index (χ3v) is 3.98. The summed E-state index contributed by atoms with van der Waals surface area (Å²) in [5.41, 5.74) is -3.01. The topological polar surface area (TPSA) is 37.3 Å². The van der Waals surface area contributed by atoms with E-state index in [0.29, 0.717) is 0 Å². The van der Waals surface area contributed by atoms with Crippen molar-refractivity contribution in [3.05, 3.63) is 33.8 Å². The number of carboxylic acids is 1. The first-order valence-electron chi connectivity index (χ1n) is 4.90. The summed E-state index contributed by atoms with van der Waals surface area (Å²) < 4.78 is 53.7. The van der Waals surface area contributed by atoms with E-state index in [9.17, 15) is 22.4 Å². The number of halogens is 5. The Labute approximate surface area is 108 Å². The molecule has 1 aliphatic carbocycles. The van der Waals surface area contributed by atoms with Gasteiger partial charge < -0.3 is 5.11 Å². The normalized spacial score (nSPS) is 29.1. The fourth-order valence-corrected chi connectivity index (χ4v) is 2.37. The Kier molecular flexibility index (Phi) is 2.73. The maximum absolute atomic E-state index is 13.6. The molecule has 7 heteroatoms. The molecule has 2 nitrogen and oxygen atoms in total. The van der Waals surface area contributed by atoms with Crippen LogP contribution >= 0.6 is 15.9 Å². The molecular weight excluding hydrogens is 320 g/mol. The van der Waals surface area contributed by atoms with Crippen LogP contribution in [0.3, 0.4) is 0 Å². The molecule has 1 fully saturated rings. The molecule has 0 saturated heterocycles. The fraction of sp³-hybridized carbons (Fsp3) is 0.364. The van der Waals surface area contributed by atoms with E-state index in [-0.39, 0.29) is 4.47 Å². The quantitative estimate of drug-likeness (QED) is 0.666. The van der Waals surface area contributed by atoms with Crippen molar-refractivity contribution in [1.29, 1.82) is 0 Å². The molecule has 1 aromatic rings. The minimum Gasteiger partial charge on any atom is -0.481 e. The highest BCUT2D eigenvalue weighted by molar-refractivity contribution is 9.10. The fourth-order valence-electron chi connectivity index (χ4n) is 2.07. The Morgan fingerprint density at radius 1 is 1.33 bits per heavy atom. The van der Waals surface area contributed by atoms with Crippen LogP contribution in [0.4, 0.5) is 17.6 Å². The van der Waals surface area contributed by atoms with Crippen LogP contribution in [0.15, 0.2) is 16.6 Å². The Morgan fingerprint density at radius 2 is 1.89 bits per heavy atom. The lowest BCUT2D eigenvalue weighted by Gasteiger charge is -2.05. The summed E-state index contributed by atoms with van der Waals surface area (Å²) in [7, 11) is 0. The van der Waals surface area contributed by atoms with Gasteiger partial charge in [0.05, 0.1) is 10.4 Å². The second kappa shape index (κ2) is 3.69. The highest BCUT2D eigenvalue weighted by Gasteiger charge is 2.83. The summed E-state index contributed by atoms with van der Waals surface area (Å²) >= 11 is 2.72. The van der Waals surface area contributed by atoms with Gasteiger partial charge in [0.2, 0.25) is 0 Å². The van der Waals surface area contributed by atoms with Crippen molar-refractivity contribution >= 4 is 21.9 Å². The van der Waals surface area contributed by atoms with Gasteiger partial charge in [-0.05, 0) is 28.9 Å². The first-order chi connectivity index (χ1) is 8.15. The van der Waals surface area contributed by atoms with Crippen molar-refractivity contribution < 1.29 is 27.5 Å². The van der Waals surface area contributed by atoms with Gasteiger partial charge in [0, 0.05) is 5.56 Å². The van der Waals surface area contributed by atoms with Crippen molar-refractivity contribution in [2.75, 3.05) is 0 Å². The largest absolute Gasteiger partial charge is 0.481 e. The number of carboxylic acid groups (broad SMARTS) is 1. The van der Waals surface area contributed by atoms with Crippen LogP contribution in [-0.4, -0.2) is 17.0 Å². The molecule has 0 amide bonds. The average Bonchev–Trinajstić information content (AvgIpc) is 2.73. The number of alkyl halides is 2. The Bertz CT molecular complexity index is 546. The van der Waals surface area contributed by atoms with Crippen LogP contribution < -0.4 is 0 Å². The van der Waals surface area contributed by atoms with Crippen molar-refractivity contribution in [3.63, 3.8) is 0 Å². The van der Waals surface area contributed by atoms with Crippen molar-refractivity contribution in [1.82, 2.24) is 0 Å². The smallest absolute Gasteiger partial charge is 0.316 e. The zero-order valence-electron chi connectivity index (χ0n) is 8.98. The van der Waals surface area contributed by atoms with Crippen LogP contribution in [0.2, 0.25) is 0 Å². The molecule has 18 heavy (non-hydrogen) atoms. The van der Waals surface area contributed by atoms with E-state index >= 15 is 0 Å². The second-order valence-electron chi connectivity index (χ2n) is 4.33. The first kappa shape index (κ1) is 13.3. The maximum Gasteiger partial charge on any atom is 0.316 e. The maximum atomic E-state index is 13.6. The molecule has 1 saturated carbocycles. The number of benzene rings is 1. The summed E-state index contributed by atoms with van der Waals surface area (Å²) in [6, 6.07) is 2.04. The molecule has 0 aromatic heterocycles. The van der Waals surface area contributed by atoms with E-state index in [1.54, 1.807) is 0 Å². The highest BCUT2D eigenvalue weighted by atomic mass is 79.9. The van der Waals surface area contributed by atoms with Gasteiger partial charge in [-0.2, -0.15) is 0 Å². The van der Waals surface area contributed by atoms with Crippen molar-refractivity contribution in [3.8, 4) is 0 Å². The summed E-state index contributed by atoms with van der Waals surface area (Å²) in [6.45, 7) is 0.819. The molecule has 0 spiro atoms. The molecule has 2 rings (SSSR count). The van der Waals surface area contributed by atoms with Crippen LogP contribution in [0.25, 0.3) is 0 Å². The minimum absolute atomic E-state index is 0.204. The Morgan fingerprint density at radius 3 is 2.33 bits per heavy atom. The second-order valence-corrected chi connectivity index (χ2v) is 5.18. The molecule has 0 aliphatic heterocycles. The van der Waals surface area contributed by atoms with Crippen LogP contribution in [-0.2, 0) is 4.79 Å². The van der Waals surface area contributed by atoms with E-state index in [1.165, 1.54) is 0 Å². The van der Waals surface area contributed by atoms with Gasteiger partial charge in [0.15, 0.2) is 11.6 Å². The standard InChI is InChI=1S/C11H7BrF4O2/c1-10(9(17)18)8(11(10,15)16)4-2-3-5(12)7(14)6(4)13/h2-3,8H,1H3,(H,17,18). The number of hydrogen-bond acceptors (Lipinski definition) is 1. The van der Waals surface area contributed by atoms with Gasteiger partial charge in [0.25, 0.3) is 5.92 Å². The van der Waals surface area contributed by atoms with Gasteiger partial charge in [-0.3, -0.25) is 4.79 Å². The third-order valence-electron chi connectivity index (χ3n) is 3.37. The molecule has 1 aromatic carbocycles. The molecule has 2 atom stereocenters. The number of aliphatic carboxylic acids is 1. The van der Waals surface area contributed by atoms with E-state index in [1.807, 2.05) is 0 Å². The molecule has 0 radical (unpaired) electrons. The predicted octanol–water partition coefficient (Wildman–Crippen LogP) is 3.55. The van der Waals surface area contributed by atoms with E-state index in [0.717, 1.165) is 19.1 Å². The van der Waals surface area contributed by atoms with Crippen LogP contribution in [0.5, 0.6) is 0 Å². The van der Waals surface area contributed by atoms with E-state index in [4.69, 9.17) is 5.11 Å². The molecule has 1 aliphatic rings. The number of rotatable bonds is 2. The SMILES string of the molecule is CC1(C(=O)O)C(c2ccc(Br)c(F)c2F)C1(F)F. The van der Waals surface area contributed by atoms with Crippen molar-refractivity contribution in [2.45, 2.75) is 18.8 Å². The highest BCUT2D eigenvalue weighted by Crippen LogP contribution is 2.71. The lowest BCUT2D eigenvalue weighted by molar-refractivity contribution is -0.146. The average molecular weight is 327 g/mol. The molecule has 98 valence electrons. The first-order valence-corrected chi connectivity index (χ1v) is 5.69. The minimum atomic E-state index is -3.60.